The standard InChI is InChI=1S/C7H11SSi.ClH.Zn/c1-9(2,3)7-5-4-6-8-7;;/h5-6H,1-3H3;1H;/q-1;;+2/p-1. The summed E-state index contributed by atoms with van der Waals surface area (Å²) in [7, 11) is 3.77. The van der Waals surface area contributed by atoms with E-state index < -0.39 is 8.07 Å². The second kappa shape index (κ2) is 5.47. The molecular formula is C7H11ClSSiZn. The number of thiophene rings is 1. The third-order valence-electron chi connectivity index (χ3n) is 1.21. The fraction of sp³-hybridized carbons (Fsp3) is 0.429. The van der Waals surface area contributed by atoms with Gasteiger partial charge in [0.2, 0.25) is 0 Å². The van der Waals surface area contributed by atoms with Crippen LogP contribution < -0.4 is 4.50 Å². The van der Waals surface area contributed by atoms with Crippen molar-refractivity contribution in [2.24, 2.45) is 0 Å². The van der Waals surface area contributed by atoms with Crippen molar-refractivity contribution >= 4 is 33.6 Å². The maximum atomic E-state index is 4.76. The first kappa shape index (κ1) is 11.8. The monoisotopic (exact) mass is 254 g/mol. The Kier molecular flexibility index (Phi) is 5.88. The average Bonchev–Trinajstić information content (AvgIpc) is 2.40. The van der Waals surface area contributed by atoms with E-state index in [0.29, 0.717) is 0 Å². The number of halogens is 1. The summed E-state index contributed by atoms with van der Waals surface area (Å²) in [6.07, 6.45) is 0. The van der Waals surface area contributed by atoms with E-state index in [-0.39, 0.29) is 0 Å². The van der Waals surface area contributed by atoms with E-state index in [1.807, 2.05) is 16.7 Å². The van der Waals surface area contributed by atoms with Crippen LogP contribution in [0.3, 0.4) is 0 Å². The van der Waals surface area contributed by atoms with Crippen LogP contribution in [0.15, 0.2) is 11.4 Å². The summed E-state index contributed by atoms with van der Waals surface area (Å²) in [4.78, 5) is 0. The van der Waals surface area contributed by atoms with E-state index in [4.69, 9.17) is 9.69 Å². The first-order chi connectivity index (χ1) is 5.11. The van der Waals surface area contributed by atoms with E-state index in [9.17, 15) is 0 Å². The van der Waals surface area contributed by atoms with Gasteiger partial charge in [0.15, 0.2) is 0 Å². The molecule has 0 aliphatic carbocycles. The van der Waals surface area contributed by atoms with Crippen LogP contribution >= 0.6 is 21.0 Å². The van der Waals surface area contributed by atoms with E-state index in [2.05, 4.69) is 31.8 Å². The molecule has 0 unspecified atom stereocenters. The van der Waals surface area contributed by atoms with Gasteiger partial charge in [-0.2, -0.15) is 0 Å². The Balaban J connectivity index is 0.000000461. The first-order valence-corrected chi connectivity index (χ1v) is 11.6. The molecule has 1 heterocycles. The van der Waals surface area contributed by atoms with Gasteiger partial charge in [-0.05, 0) is 8.07 Å². The van der Waals surface area contributed by atoms with Gasteiger partial charge in [0.05, 0.1) is 0 Å². The van der Waals surface area contributed by atoms with Crippen molar-refractivity contribution < 1.29 is 17.3 Å². The zero-order valence-corrected chi connectivity index (χ0v) is 12.7. The summed E-state index contributed by atoms with van der Waals surface area (Å²) in [5, 5.41) is 2.04. The first-order valence-electron chi connectivity index (χ1n) is 3.32. The Morgan fingerprint density at radius 3 is 2.18 bits per heavy atom. The average molecular weight is 256 g/mol. The Bertz CT molecular complexity index is 181. The molecule has 1 aromatic heterocycles. The second-order valence-electron chi connectivity index (χ2n) is 3.16. The molecule has 0 spiro atoms. The second-order valence-corrected chi connectivity index (χ2v) is 9.47. The molecule has 0 aliphatic rings. The molecule has 0 atom stereocenters. The molecule has 0 aromatic carbocycles. The van der Waals surface area contributed by atoms with Gasteiger partial charge in [0.1, 0.15) is 0 Å². The molecule has 0 saturated carbocycles. The van der Waals surface area contributed by atoms with Crippen LogP contribution in [-0.2, 0) is 17.3 Å². The zero-order valence-electron chi connectivity index (χ0n) is 7.15. The molecule has 1 rings (SSSR count). The van der Waals surface area contributed by atoms with Crippen LogP contribution in [0.1, 0.15) is 0 Å². The van der Waals surface area contributed by atoms with E-state index in [1.165, 1.54) is 0 Å². The Labute approximate surface area is 87.7 Å². The van der Waals surface area contributed by atoms with Crippen molar-refractivity contribution in [3.63, 3.8) is 0 Å². The minimum atomic E-state index is -0.994. The maximum absolute atomic E-state index is 4.76. The van der Waals surface area contributed by atoms with E-state index >= 15 is 0 Å². The van der Waals surface area contributed by atoms with E-state index in [1.54, 1.807) is 4.50 Å². The summed E-state index contributed by atoms with van der Waals surface area (Å²) in [6, 6.07) is 5.21. The Morgan fingerprint density at radius 1 is 1.45 bits per heavy atom. The summed E-state index contributed by atoms with van der Waals surface area (Å²) in [5.74, 6) is 0. The summed E-state index contributed by atoms with van der Waals surface area (Å²) in [6.45, 7) is 7.06. The van der Waals surface area contributed by atoms with Gasteiger partial charge in [0.25, 0.3) is 0 Å². The molecule has 0 saturated heterocycles. The predicted molar refractivity (Wildman–Crippen MR) is 52.0 cm³/mol. The normalized spacial score (nSPS) is 10.4. The number of hydrogen-bond donors (Lipinski definition) is 0. The van der Waals surface area contributed by atoms with Crippen LogP contribution in [0.4, 0.5) is 0 Å². The summed E-state index contributed by atoms with van der Waals surface area (Å²) in [5.41, 5.74) is 0. The fourth-order valence-electron chi connectivity index (χ4n) is 0.635. The SMILES string of the molecule is C[Si](C)(C)c1c[c-]cs1.[Cl][Zn+]. The van der Waals surface area contributed by atoms with Crippen molar-refractivity contribution in [2.45, 2.75) is 19.6 Å². The third kappa shape index (κ3) is 4.41. The van der Waals surface area contributed by atoms with Gasteiger partial charge in [-0.1, -0.05) is 19.6 Å². The summed E-state index contributed by atoms with van der Waals surface area (Å²) < 4.78 is 1.54. The van der Waals surface area contributed by atoms with Gasteiger partial charge in [0, 0.05) is 0 Å². The van der Waals surface area contributed by atoms with Crippen LogP contribution in [0.2, 0.25) is 19.6 Å². The molecule has 11 heavy (non-hydrogen) atoms. The Morgan fingerprint density at radius 2 is 2.00 bits per heavy atom. The quantitative estimate of drug-likeness (QED) is 0.535. The number of rotatable bonds is 1. The molecule has 0 amide bonds. The van der Waals surface area contributed by atoms with Gasteiger partial charge < -0.3 is 0 Å². The molecule has 0 aliphatic heterocycles. The molecule has 0 bridgehead atoms. The van der Waals surface area contributed by atoms with Gasteiger partial charge in [-0.3, -0.25) is 11.3 Å². The van der Waals surface area contributed by atoms with Crippen molar-refractivity contribution in [1.29, 1.82) is 0 Å². The molecule has 0 N–H and O–H groups in total. The van der Waals surface area contributed by atoms with Crippen molar-refractivity contribution in [3.8, 4) is 0 Å². The van der Waals surface area contributed by atoms with Gasteiger partial charge in [-0.25, -0.2) is 12.1 Å². The molecule has 4 heteroatoms. The molecule has 58 valence electrons. The fourth-order valence-corrected chi connectivity index (χ4v) is 3.14. The van der Waals surface area contributed by atoms with Crippen LogP contribution in [0.25, 0.3) is 0 Å². The van der Waals surface area contributed by atoms with Crippen molar-refractivity contribution in [3.05, 3.63) is 17.5 Å². The molecular weight excluding hydrogens is 245 g/mol. The Hall–Kier alpha value is 0.830. The van der Waals surface area contributed by atoms with Crippen molar-refractivity contribution in [2.75, 3.05) is 0 Å². The molecule has 0 radical (unpaired) electrons. The van der Waals surface area contributed by atoms with Crippen molar-refractivity contribution in [1.82, 2.24) is 0 Å². The topological polar surface area (TPSA) is 0 Å². The molecule has 0 fully saturated rings. The van der Waals surface area contributed by atoms with Gasteiger partial charge in [-0.15, -0.1) is 9.88 Å². The minimum absolute atomic E-state index is 0.847. The molecule has 1 aromatic rings. The van der Waals surface area contributed by atoms with Crippen LogP contribution in [-0.4, -0.2) is 8.07 Å². The molecule has 0 nitrogen and oxygen atoms in total. The third-order valence-corrected chi connectivity index (χ3v) is 5.65. The summed E-state index contributed by atoms with van der Waals surface area (Å²) >= 11 is 2.68. The van der Waals surface area contributed by atoms with Crippen LogP contribution in [0.5, 0.6) is 0 Å². The van der Waals surface area contributed by atoms with Gasteiger partial charge >= 0.3 is 27.0 Å². The number of hydrogen-bond acceptors (Lipinski definition) is 1. The van der Waals surface area contributed by atoms with Crippen LogP contribution in [0, 0.1) is 6.07 Å². The predicted octanol–water partition coefficient (Wildman–Crippen LogP) is 2.78. The van der Waals surface area contributed by atoms with E-state index in [0.717, 1.165) is 17.3 Å². The zero-order chi connectivity index (χ0) is 8.91.